The number of fused-ring (bicyclic) bond motifs is 3. The van der Waals surface area contributed by atoms with E-state index in [0.717, 1.165) is 11.8 Å². The third kappa shape index (κ3) is 3.82. The van der Waals surface area contributed by atoms with E-state index >= 15 is 0 Å². The van der Waals surface area contributed by atoms with Gasteiger partial charge in [0.25, 0.3) is 5.56 Å². The average Bonchev–Trinajstić information content (AvgIpc) is 3.34. The van der Waals surface area contributed by atoms with Crippen molar-refractivity contribution in [2.24, 2.45) is 17.8 Å². The van der Waals surface area contributed by atoms with E-state index < -0.39 is 0 Å². The molecule has 4 rings (SSSR count). The van der Waals surface area contributed by atoms with E-state index in [-0.39, 0.29) is 11.5 Å². The third-order valence-corrected chi connectivity index (χ3v) is 6.66. The summed E-state index contributed by atoms with van der Waals surface area (Å²) in [5.41, 5.74) is 0.278. The van der Waals surface area contributed by atoms with Crippen LogP contribution in [-0.4, -0.2) is 41.5 Å². The topological polar surface area (TPSA) is 84.5 Å². The van der Waals surface area contributed by atoms with Crippen LogP contribution in [0, 0.1) is 17.8 Å². The van der Waals surface area contributed by atoms with Gasteiger partial charge >= 0.3 is 0 Å². The summed E-state index contributed by atoms with van der Waals surface area (Å²) in [6.45, 7) is 2.86. The Hall–Kier alpha value is -2.57. The lowest BCUT2D eigenvalue weighted by molar-refractivity contribution is -0.133. The minimum atomic E-state index is -0.248. The van der Waals surface area contributed by atoms with Crippen molar-refractivity contribution in [2.45, 2.75) is 45.6 Å². The quantitative estimate of drug-likeness (QED) is 0.773. The number of carbonyl (C=O) groups excluding carboxylic acids is 1. The first-order valence-corrected chi connectivity index (χ1v) is 10.4. The van der Waals surface area contributed by atoms with E-state index in [1.54, 1.807) is 24.1 Å². The second-order valence-electron chi connectivity index (χ2n) is 8.28. The minimum absolute atomic E-state index is 0.153. The van der Waals surface area contributed by atoms with Crippen LogP contribution in [0.15, 0.2) is 16.9 Å². The summed E-state index contributed by atoms with van der Waals surface area (Å²) in [5, 5.41) is 0.433. The molecule has 2 fully saturated rings. The number of nitrogens with zero attached hydrogens (tertiary/aromatic N) is 2. The Kier molecular flexibility index (Phi) is 5.48. The van der Waals surface area contributed by atoms with Crippen LogP contribution in [-0.2, 0) is 11.3 Å². The number of ether oxygens (including phenoxy) is 2. The SMILES string of the molecule is CCN(Cc1nc2cc(OC)c(OC)cc2c(=O)[nH]1)C(=O)C[C@H]1C[C@@H]2CC[C@@H]1C2. The van der Waals surface area contributed by atoms with Crippen molar-refractivity contribution in [3.63, 3.8) is 0 Å². The maximum Gasteiger partial charge on any atom is 0.258 e. The smallest absolute Gasteiger partial charge is 0.258 e. The van der Waals surface area contributed by atoms with Gasteiger partial charge in [0.1, 0.15) is 5.82 Å². The summed E-state index contributed by atoms with van der Waals surface area (Å²) >= 11 is 0. The van der Waals surface area contributed by atoms with Gasteiger partial charge < -0.3 is 19.4 Å². The minimum Gasteiger partial charge on any atom is -0.493 e. The molecule has 2 aliphatic carbocycles. The molecule has 29 heavy (non-hydrogen) atoms. The largest absolute Gasteiger partial charge is 0.493 e. The van der Waals surface area contributed by atoms with Gasteiger partial charge in [-0.25, -0.2) is 4.98 Å². The lowest BCUT2D eigenvalue weighted by atomic mass is 9.86. The summed E-state index contributed by atoms with van der Waals surface area (Å²) in [4.78, 5) is 34.7. The van der Waals surface area contributed by atoms with E-state index in [1.165, 1.54) is 32.8 Å². The molecule has 0 unspecified atom stereocenters. The van der Waals surface area contributed by atoms with Gasteiger partial charge in [0.15, 0.2) is 11.5 Å². The number of aromatic amines is 1. The van der Waals surface area contributed by atoms with E-state index in [1.807, 2.05) is 6.92 Å². The Morgan fingerprint density at radius 3 is 2.59 bits per heavy atom. The van der Waals surface area contributed by atoms with E-state index in [2.05, 4.69) is 9.97 Å². The molecule has 0 saturated heterocycles. The number of rotatable bonds is 7. The molecule has 0 spiro atoms. The van der Waals surface area contributed by atoms with Crippen molar-refractivity contribution in [2.75, 3.05) is 20.8 Å². The number of hydrogen-bond acceptors (Lipinski definition) is 5. The maximum absolute atomic E-state index is 12.9. The summed E-state index contributed by atoms with van der Waals surface area (Å²) < 4.78 is 10.6. The van der Waals surface area contributed by atoms with Gasteiger partial charge in [-0.3, -0.25) is 9.59 Å². The van der Waals surface area contributed by atoms with Crippen molar-refractivity contribution >= 4 is 16.8 Å². The molecule has 1 aromatic heterocycles. The zero-order valence-electron chi connectivity index (χ0n) is 17.4. The predicted octanol–water partition coefficient (Wildman–Crippen LogP) is 3.12. The molecule has 156 valence electrons. The van der Waals surface area contributed by atoms with E-state index in [9.17, 15) is 9.59 Å². The first-order chi connectivity index (χ1) is 14.0. The predicted molar refractivity (Wildman–Crippen MR) is 110 cm³/mol. The maximum atomic E-state index is 12.9. The van der Waals surface area contributed by atoms with Gasteiger partial charge in [-0.05, 0) is 50.0 Å². The number of methoxy groups -OCH3 is 2. The highest BCUT2D eigenvalue weighted by Crippen LogP contribution is 2.49. The molecule has 1 amide bonds. The fraction of sp³-hybridized carbons (Fsp3) is 0.591. The Morgan fingerprint density at radius 2 is 1.97 bits per heavy atom. The number of carbonyl (C=O) groups is 1. The molecule has 2 aromatic rings. The Morgan fingerprint density at radius 1 is 1.21 bits per heavy atom. The average molecular weight is 399 g/mol. The fourth-order valence-corrected chi connectivity index (χ4v) is 5.13. The molecule has 1 heterocycles. The number of H-pyrrole nitrogens is 1. The fourth-order valence-electron chi connectivity index (χ4n) is 5.13. The Bertz CT molecular complexity index is 970. The van der Waals surface area contributed by atoms with Gasteiger partial charge in [-0.2, -0.15) is 0 Å². The number of nitrogens with one attached hydrogen (secondary N) is 1. The molecule has 1 N–H and O–H groups in total. The van der Waals surface area contributed by atoms with Gasteiger partial charge in [0, 0.05) is 19.0 Å². The van der Waals surface area contributed by atoms with E-state index in [0.29, 0.717) is 53.7 Å². The van der Waals surface area contributed by atoms with Gasteiger partial charge in [-0.1, -0.05) is 6.42 Å². The third-order valence-electron chi connectivity index (χ3n) is 6.66. The first-order valence-electron chi connectivity index (χ1n) is 10.4. The Labute approximate surface area is 170 Å². The van der Waals surface area contributed by atoms with Gasteiger partial charge in [0.2, 0.25) is 5.91 Å². The summed E-state index contributed by atoms with van der Waals surface area (Å²) in [6, 6.07) is 3.32. The highest BCUT2D eigenvalue weighted by atomic mass is 16.5. The zero-order chi connectivity index (χ0) is 20.5. The number of aromatic nitrogens is 2. The summed E-state index contributed by atoms with van der Waals surface area (Å²) in [5.74, 6) is 3.72. The molecule has 2 aliphatic rings. The van der Waals surface area contributed by atoms with Crippen molar-refractivity contribution in [3.05, 3.63) is 28.3 Å². The van der Waals surface area contributed by atoms with Gasteiger partial charge in [0.05, 0.1) is 31.7 Å². The monoisotopic (exact) mass is 399 g/mol. The summed E-state index contributed by atoms with van der Waals surface area (Å²) in [7, 11) is 3.07. The van der Waals surface area contributed by atoms with Crippen molar-refractivity contribution < 1.29 is 14.3 Å². The van der Waals surface area contributed by atoms with Crippen LogP contribution < -0.4 is 15.0 Å². The van der Waals surface area contributed by atoms with Crippen LogP contribution in [0.5, 0.6) is 11.5 Å². The van der Waals surface area contributed by atoms with Crippen LogP contribution >= 0.6 is 0 Å². The molecule has 7 heteroatoms. The Balaban J connectivity index is 1.53. The molecule has 3 atom stereocenters. The molecular weight excluding hydrogens is 370 g/mol. The molecule has 1 aromatic carbocycles. The highest BCUT2D eigenvalue weighted by molar-refractivity contribution is 5.82. The zero-order valence-corrected chi connectivity index (χ0v) is 17.4. The van der Waals surface area contributed by atoms with Crippen LogP contribution in [0.25, 0.3) is 10.9 Å². The lowest BCUT2D eigenvalue weighted by Gasteiger charge is -2.26. The molecule has 2 saturated carbocycles. The standard InChI is InChI=1S/C22H29N3O4/c1-4-25(21(26)9-15-8-13-5-6-14(15)7-13)12-20-23-17-11-19(29-3)18(28-2)10-16(17)22(27)24-20/h10-11,13-15H,4-9,12H2,1-3H3,(H,23,24,27)/t13-,14-,15-/m1/s1. The first kappa shape index (κ1) is 19.7. The molecular formula is C22H29N3O4. The molecule has 7 nitrogen and oxygen atoms in total. The number of hydrogen-bond donors (Lipinski definition) is 1. The van der Waals surface area contributed by atoms with Crippen LogP contribution in [0.2, 0.25) is 0 Å². The second-order valence-corrected chi connectivity index (χ2v) is 8.28. The van der Waals surface area contributed by atoms with Crippen LogP contribution in [0.4, 0.5) is 0 Å². The van der Waals surface area contributed by atoms with Crippen LogP contribution in [0.3, 0.4) is 0 Å². The van der Waals surface area contributed by atoms with Gasteiger partial charge in [-0.15, -0.1) is 0 Å². The number of amides is 1. The lowest BCUT2D eigenvalue weighted by Crippen LogP contribution is -2.33. The summed E-state index contributed by atoms with van der Waals surface area (Å²) in [6.07, 6.45) is 5.72. The van der Waals surface area contributed by atoms with Crippen molar-refractivity contribution in [3.8, 4) is 11.5 Å². The van der Waals surface area contributed by atoms with Crippen molar-refractivity contribution in [1.82, 2.24) is 14.9 Å². The molecule has 2 bridgehead atoms. The van der Waals surface area contributed by atoms with Crippen molar-refractivity contribution in [1.29, 1.82) is 0 Å². The van der Waals surface area contributed by atoms with E-state index in [4.69, 9.17) is 9.47 Å². The highest BCUT2D eigenvalue weighted by Gasteiger charge is 2.40. The molecule has 0 aliphatic heterocycles. The normalized spacial score (nSPS) is 22.8. The number of benzene rings is 1. The van der Waals surface area contributed by atoms with Crippen LogP contribution in [0.1, 0.15) is 44.9 Å². The molecule has 0 radical (unpaired) electrons. The second kappa shape index (κ2) is 8.05.